The molecule has 0 aliphatic carbocycles. The molecule has 0 aromatic carbocycles. The number of alkyl halides is 2. The van der Waals surface area contributed by atoms with Crippen LogP contribution in [0, 0.1) is 0 Å². The molecule has 0 rings (SSSR count). The molecule has 21 heavy (non-hydrogen) atoms. The molecule has 9 heteroatoms. The van der Waals surface area contributed by atoms with Gasteiger partial charge in [-0.2, -0.15) is 0 Å². The van der Waals surface area contributed by atoms with Gasteiger partial charge < -0.3 is 13.5 Å². The number of hydrogen-bond donors (Lipinski definition) is 0. The Hall–Kier alpha value is 1.26. The molecule has 1 atom stereocenters. The first-order chi connectivity index (χ1) is 9.39. The Bertz CT molecular complexity index is 354. The molecule has 0 saturated heterocycles. The molecule has 0 bridgehead atoms. The van der Waals surface area contributed by atoms with Crippen molar-refractivity contribution in [3.8, 4) is 0 Å². The summed E-state index contributed by atoms with van der Waals surface area (Å²) in [4.78, 5) is 0. The summed E-state index contributed by atoms with van der Waals surface area (Å²) in [5.41, 5.74) is -0.684. The molecule has 0 N–H and O–H groups in total. The zero-order valence-electron chi connectivity index (χ0n) is 13.8. The Morgan fingerprint density at radius 2 is 1.57 bits per heavy atom. The Kier molecular flexibility index (Phi) is 9.46. The SMILES string of the molecule is CCOP(=O)(OCC)C(Cl)(Cl)C(O[Si](C)(C)C)SC(C)C. The Morgan fingerprint density at radius 3 is 1.86 bits per heavy atom. The van der Waals surface area contributed by atoms with Crippen molar-refractivity contribution in [3.05, 3.63) is 0 Å². The van der Waals surface area contributed by atoms with Gasteiger partial charge in [0.1, 0.15) is 5.44 Å². The lowest BCUT2D eigenvalue weighted by molar-refractivity contribution is 0.196. The van der Waals surface area contributed by atoms with Gasteiger partial charge in [-0.05, 0) is 33.5 Å². The fourth-order valence-electron chi connectivity index (χ4n) is 1.43. The van der Waals surface area contributed by atoms with Crippen LogP contribution in [0.4, 0.5) is 0 Å². The van der Waals surface area contributed by atoms with E-state index in [0.717, 1.165) is 0 Å². The van der Waals surface area contributed by atoms with E-state index in [4.69, 9.17) is 36.7 Å². The molecule has 0 fully saturated rings. The number of rotatable bonds is 10. The summed E-state index contributed by atoms with van der Waals surface area (Å²) in [6.45, 7) is 13.9. The first kappa shape index (κ1) is 22.3. The van der Waals surface area contributed by atoms with Gasteiger partial charge in [0.05, 0.1) is 13.2 Å². The molecule has 4 nitrogen and oxygen atoms in total. The Balaban J connectivity index is 5.52. The lowest BCUT2D eigenvalue weighted by Gasteiger charge is -2.38. The lowest BCUT2D eigenvalue weighted by atomic mass is 10.6. The van der Waals surface area contributed by atoms with Gasteiger partial charge in [0, 0.05) is 5.25 Å². The molecular weight excluding hydrogens is 370 g/mol. The van der Waals surface area contributed by atoms with Gasteiger partial charge in [-0.25, -0.2) is 0 Å². The summed E-state index contributed by atoms with van der Waals surface area (Å²) in [5, 5.41) is 0.208. The van der Waals surface area contributed by atoms with E-state index in [1.807, 2.05) is 33.5 Å². The van der Waals surface area contributed by atoms with Gasteiger partial charge in [-0.1, -0.05) is 37.0 Å². The lowest BCUT2D eigenvalue weighted by Crippen LogP contribution is -2.41. The molecule has 128 valence electrons. The van der Waals surface area contributed by atoms with E-state index in [-0.39, 0.29) is 18.5 Å². The van der Waals surface area contributed by atoms with Crippen molar-refractivity contribution in [1.29, 1.82) is 0 Å². The van der Waals surface area contributed by atoms with E-state index in [2.05, 4.69) is 0 Å². The van der Waals surface area contributed by atoms with E-state index in [1.165, 1.54) is 11.8 Å². The molecule has 0 saturated carbocycles. The van der Waals surface area contributed by atoms with Crippen molar-refractivity contribution in [1.82, 2.24) is 0 Å². The third kappa shape index (κ3) is 7.13. The van der Waals surface area contributed by atoms with Crippen LogP contribution in [-0.4, -0.2) is 36.3 Å². The molecule has 0 heterocycles. The van der Waals surface area contributed by atoms with Crippen molar-refractivity contribution in [3.63, 3.8) is 0 Å². The molecule has 0 spiro atoms. The molecule has 1 unspecified atom stereocenters. The molecule has 0 radical (unpaired) electrons. The van der Waals surface area contributed by atoms with Crippen LogP contribution in [0.15, 0.2) is 0 Å². The van der Waals surface area contributed by atoms with Crippen molar-refractivity contribution in [2.75, 3.05) is 13.2 Å². The van der Waals surface area contributed by atoms with Crippen molar-refractivity contribution in [2.24, 2.45) is 0 Å². The van der Waals surface area contributed by atoms with E-state index in [1.54, 1.807) is 13.8 Å². The largest absolute Gasteiger partial charge is 0.402 e. The van der Waals surface area contributed by atoms with Crippen LogP contribution in [-0.2, 0) is 18.0 Å². The van der Waals surface area contributed by atoms with Crippen LogP contribution in [0.25, 0.3) is 0 Å². The van der Waals surface area contributed by atoms with Gasteiger partial charge in [0.15, 0.2) is 8.32 Å². The normalized spacial score (nSPS) is 15.5. The quantitative estimate of drug-likeness (QED) is 0.205. The maximum Gasteiger partial charge on any atom is 0.369 e. The van der Waals surface area contributed by atoms with Crippen molar-refractivity contribution < 1.29 is 18.0 Å². The topological polar surface area (TPSA) is 44.8 Å². The van der Waals surface area contributed by atoms with E-state index in [0.29, 0.717) is 0 Å². The minimum atomic E-state index is -3.71. The van der Waals surface area contributed by atoms with E-state index < -0.39 is 25.4 Å². The standard InChI is InChI=1S/C12H27Cl2O4PSSi/c1-8-16-19(15,17-9-2)12(13,14)11(20-10(3)4)18-21(5,6)7/h10-11H,8-9H2,1-7H3. The predicted molar refractivity (Wildman–Crippen MR) is 96.2 cm³/mol. The highest BCUT2D eigenvalue weighted by Crippen LogP contribution is 2.68. The van der Waals surface area contributed by atoms with Gasteiger partial charge in [-0.15, -0.1) is 11.8 Å². The second-order valence-electron chi connectivity index (χ2n) is 5.67. The fraction of sp³-hybridized carbons (Fsp3) is 1.00. The summed E-state index contributed by atoms with van der Waals surface area (Å²) in [6.07, 6.45) is 0. The highest BCUT2D eigenvalue weighted by Gasteiger charge is 2.56. The molecule has 0 aliphatic rings. The second-order valence-corrected chi connectivity index (χ2v) is 15.9. The smallest absolute Gasteiger partial charge is 0.369 e. The van der Waals surface area contributed by atoms with Gasteiger partial charge >= 0.3 is 7.60 Å². The molecular formula is C12H27Cl2O4PSSi. The zero-order valence-corrected chi connectivity index (χ0v) is 18.0. The number of hydrogen-bond acceptors (Lipinski definition) is 5. The summed E-state index contributed by atoms with van der Waals surface area (Å²) in [5.74, 6) is 0. The molecule has 0 aliphatic heterocycles. The van der Waals surface area contributed by atoms with Gasteiger partial charge in [0.2, 0.25) is 0 Å². The molecule has 0 aromatic heterocycles. The van der Waals surface area contributed by atoms with Crippen molar-refractivity contribution in [2.45, 2.75) is 62.1 Å². The molecule has 0 aromatic rings. The highest BCUT2D eigenvalue weighted by atomic mass is 35.5. The fourth-order valence-corrected chi connectivity index (χ4v) is 7.20. The summed E-state index contributed by atoms with van der Waals surface area (Å²) < 4.78 is 27.9. The van der Waals surface area contributed by atoms with Crippen LogP contribution in [0.3, 0.4) is 0 Å². The minimum Gasteiger partial charge on any atom is -0.402 e. The van der Waals surface area contributed by atoms with Crippen LogP contribution in [0.2, 0.25) is 19.6 Å². The first-order valence-corrected chi connectivity index (χ1v) is 13.6. The highest BCUT2D eigenvalue weighted by molar-refractivity contribution is 8.01. The average Bonchev–Trinajstić information content (AvgIpc) is 2.25. The van der Waals surface area contributed by atoms with E-state index >= 15 is 0 Å². The van der Waals surface area contributed by atoms with Crippen LogP contribution in [0.5, 0.6) is 0 Å². The zero-order chi connectivity index (χ0) is 16.9. The summed E-state index contributed by atoms with van der Waals surface area (Å²) in [6, 6.07) is 0. The van der Waals surface area contributed by atoms with Gasteiger partial charge in [-0.3, -0.25) is 4.57 Å². The molecule has 0 amide bonds. The average molecular weight is 397 g/mol. The summed E-state index contributed by atoms with van der Waals surface area (Å²) in [7, 11) is -5.66. The maximum absolute atomic E-state index is 13.0. The number of halogens is 2. The van der Waals surface area contributed by atoms with Crippen LogP contribution >= 0.6 is 42.6 Å². The van der Waals surface area contributed by atoms with Crippen LogP contribution in [0.1, 0.15) is 27.7 Å². The minimum absolute atomic E-state index is 0.199. The van der Waals surface area contributed by atoms with Crippen molar-refractivity contribution >= 4 is 50.9 Å². The van der Waals surface area contributed by atoms with Crippen LogP contribution < -0.4 is 0 Å². The van der Waals surface area contributed by atoms with Gasteiger partial charge in [0.25, 0.3) is 4.07 Å². The summed E-state index contributed by atoms with van der Waals surface area (Å²) >= 11 is 14.3. The second kappa shape index (κ2) is 8.93. The number of thioether (sulfide) groups is 1. The Morgan fingerprint density at radius 1 is 1.14 bits per heavy atom. The Labute approximate surface area is 144 Å². The monoisotopic (exact) mass is 396 g/mol. The third-order valence-electron chi connectivity index (χ3n) is 2.10. The first-order valence-electron chi connectivity index (χ1n) is 7.00. The maximum atomic E-state index is 13.0. The predicted octanol–water partition coefficient (Wildman–Crippen LogP) is 5.70. The third-order valence-corrected chi connectivity index (χ3v) is 8.69. The van der Waals surface area contributed by atoms with E-state index in [9.17, 15) is 4.57 Å².